The predicted molar refractivity (Wildman–Crippen MR) is 131 cm³/mol. The van der Waals surface area contributed by atoms with E-state index in [-0.39, 0.29) is 36.1 Å². The molecule has 3 aromatic rings. The first-order chi connectivity index (χ1) is 17.0. The number of carbonyl (C=O) groups excluding carboxylic acids is 1. The van der Waals surface area contributed by atoms with Crippen molar-refractivity contribution in [2.24, 2.45) is 18.9 Å². The normalized spacial score (nSPS) is 23.3. The molecule has 0 spiro atoms. The average molecular weight is 477 g/mol. The number of aliphatic hydroxyl groups is 1. The molecule has 2 bridgehead atoms. The average Bonchev–Trinajstić information content (AvgIpc) is 3.37. The van der Waals surface area contributed by atoms with Gasteiger partial charge in [-0.3, -0.25) is 19.5 Å². The number of nitrogens with one attached hydrogen (secondary N) is 1. The van der Waals surface area contributed by atoms with E-state index in [0.29, 0.717) is 25.1 Å². The number of aryl methyl sites for hydroxylation is 1. The fourth-order valence-corrected chi connectivity index (χ4v) is 5.86. The monoisotopic (exact) mass is 476 g/mol. The summed E-state index contributed by atoms with van der Waals surface area (Å²) < 4.78 is 3.70. The summed E-state index contributed by atoms with van der Waals surface area (Å²) in [7, 11) is 1.92. The van der Waals surface area contributed by atoms with Crippen molar-refractivity contribution in [3.63, 3.8) is 0 Å². The minimum Gasteiger partial charge on any atom is -0.396 e. The van der Waals surface area contributed by atoms with Crippen molar-refractivity contribution in [3.05, 3.63) is 70.9 Å². The van der Waals surface area contributed by atoms with Gasteiger partial charge in [0.25, 0.3) is 5.56 Å². The number of aromatic nitrogens is 4. The lowest BCUT2D eigenvalue weighted by molar-refractivity contribution is -0.127. The Morgan fingerprint density at radius 2 is 2.14 bits per heavy atom. The van der Waals surface area contributed by atoms with Crippen molar-refractivity contribution in [2.45, 2.75) is 38.4 Å². The number of pyridine rings is 2. The van der Waals surface area contributed by atoms with E-state index in [9.17, 15) is 14.7 Å². The van der Waals surface area contributed by atoms with Gasteiger partial charge in [-0.05, 0) is 31.2 Å². The number of fused-ring (bicyclic) bond motifs is 4. The summed E-state index contributed by atoms with van der Waals surface area (Å²) in [4.78, 5) is 37.9. The first-order valence-electron chi connectivity index (χ1n) is 12.3. The summed E-state index contributed by atoms with van der Waals surface area (Å²) in [5.41, 5.74) is 3.06. The summed E-state index contributed by atoms with van der Waals surface area (Å²) >= 11 is 0. The zero-order valence-corrected chi connectivity index (χ0v) is 20.2. The van der Waals surface area contributed by atoms with E-state index in [1.807, 2.05) is 46.6 Å². The third kappa shape index (κ3) is 4.19. The highest BCUT2D eigenvalue weighted by Crippen LogP contribution is 2.48. The fourth-order valence-electron chi connectivity index (χ4n) is 5.86. The number of imidazole rings is 1. The molecule has 0 radical (unpaired) electrons. The van der Waals surface area contributed by atoms with Crippen molar-refractivity contribution >= 4 is 5.91 Å². The van der Waals surface area contributed by atoms with Gasteiger partial charge in [-0.15, -0.1) is 0 Å². The van der Waals surface area contributed by atoms with Crippen LogP contribution in [0.5, 0.6) is 0 Å². The lowest BCUT2D eigenvalue weighted by Crippen LogP contribution is -2.47. The highest BCUT2D eigenvalue weighted by atomic mass is 16.3. The Hall–Kier alpha value is -3.30. The van der Waals surface area contributed by atoms with Gasteiger partial charge in [0.05, 0.1) is 24.0 Å². The number of aliphatic hydroxyl groups excluding tert-OH is 1. The summed E-state index contributed by atoms with van der Waals surface area (Å²) in [5, 5.41) is 13.5. The minimum atomic E-state index is -0.433. The van der Waals surface area contributed by atoms with Crippen LogP contribution < -0.4 is 10.9 Å². The van der Waals surface area contributed by atoms with Crippen LogP contribution >= 0.6 is 0 Å². The van der Waals surface area contributed by atoms with E-state index in [4.69, 9.17) is 0 Å². The molecule has 9 nitrogen and oxygen atoms in total. The smallest absolute Gasteiger partial charge is 0.258 e. The number of amides is 1. The maximum absolute atomic E-state index is 13.5. The summed E-state index contributed by atoms with van der Waals surface area (Å²) in [6.45, 7) is 3.76. The van der Waals surface area contributed by atoms with Crippen LogP contribution in [-0.4, -0.2) is 60.8 Å². The van der Waals surface area contributed by atoms with Gasteiger partial charge >= 0.3 is 0 Å². The molecular weight excluding hydrogens is 444 g/mol. The summed E-state index contributed by atoms with van der Waals surface area (Å²) in [6.07, 6.45) is 8.63. The number of rotatable bonds is 8. The van der Waals surface area contributed by atoms with Crippen molar-refractivity contribution in [3.8, 4) is 11.1 Å². The van der Waals surface area contributed by atoms with Crippen LogP contribution in [0.1, 0.15) is 30.8 Å². The molecule has 2 aliphatic heterocycles. The fraction of sp³-hybridized carbons (Fsp3) is 0.462. The van der Waals surface area contributed by atoms with E-state index in [1.54, 1.807) is 18.7 Å². The Morgan fingerprint density at radius 3 is 2.83 bits per heavy atom. The second-order valence-corrected chi connectivity index (χ2v) is 9.52. The minimum absolute atomic E-state index is 0.0745. The molecule has 0 aliphatic carbocycles. The third-order valence-electron chi connectivity index (χ3n) is 7.37. The highest BCUT2D eigenvalue weighted by molar-refractivity contribution is 5.80. The second kappa shape index (κ2) is 9.75. The zero-order chi connectivity index (χ0) is 24.5. The molecule has 5 rings (SSSR count). The number of nitrogens with zero attached hydrogens (tertiary/aromatic N) is 5. The molecule has 1 saturated heterocycles. The molecule has 0 unspecified atom stereocenters. The quantitative estimate of drug-likeness (QED) is 0.509. The topological polar surface area (TPSA) is 105 Å². The van der Waals surface area contributed by atoms with Crippen LogP contribution in [0.4, 0.5) is 0 Å². The van der Waals surface area contributed by atoms with Crippen molar-refractivity contribution in [1.29, 1.82) is 0 Å². The van der Waals surface area contributed by atoms with E-state index < -0.39 is 5.92 Å². The van der Waals surface area contributed by atoms with Gasteiger partial charge in [0.15, 0.2) is 0 Å². The molecule has 1 amide bonds. The van der Waals surface area contributed by atoms with Crippen molar-refractivity contribution in [2.75, 3.05) is 19.7 Å². The molecule has 3 aromatic heterocycles. The molecule has 2 aliphatic rings. The molecule has 1 fully saturated rings. The van der Waals surface area contributed by atoms with Crippen molar-refractivity contribution in [1.82, 2.24) is 29.3 Å². The van der Waals surface area contributed by atoms with Crippen LogP contribution in [0.3, 0.4) is 0 Å². The Bertz CT molecular complexity index is 1250. The first-order valence-corrected chi connectivity index (χ1v) is 12.3. The Labute approximate surface area is 204 Å². The molecule has 5 heterocycles. The maximum Gasteiger partial charge on any atom is 0.258 e. The number of hydrogen-bond acceptors (Lipinski definition) is 6. The van der Waals surface area contributed by atoms with Crippen LogP contribution in [0, 0.1) is 11.8 Å². The maximum atomic E-state index is 13.5. The number of hydrogen-bond donors (Lipinski definition) is 2. The number of carbonyl (C=O) groups is 1. The van der Waals surface area contributed by atoms with Gasteiger partial charge in [-0.25, -0.2) is 4.98 Å². The molecule has 35 heavy (non-hydrogen) atoms. The predicted octanol–water partition coefficient (Wildman–Crippen LogP) is 1.38. The van der Waals surface area contributed by atoms with Crippen LogP contribution in [-0.2, 0) is 24.8 Å². The van der Waals surface area contributed by atoms with Crippen LogP contribution in [0.15, 0.2) is 54.0 Å². The molecule has 9 heteroatoms. The third-order valence-corrected chi connectivity index (χ3v) is 7.37. The van der Waals surface area contributed by atoms with Crippen LogP contribution in [0.2, 0.25) is 0 Å². The van der Waals surface area contributed by atoms with E-state index in [0.717, 1.165) is 29.9 Å². The molecular formula is C26H32N6O3. The van der Waals surface area contributed by atoms with E-state index in [2.05, 4.69) is 27.1 Å². The van der Waals surface area contributed by atoms with Gasteiger partial charge in [-0.1, -0.05) is 13.0 Å². The van der Waals surface area contributed by atoms with Gasteiger partial charge in [0.2, 0.25) is 5.91 Å². The van der Waals surface area contributed by atoms with E-state index in [1.165, 1.54) is 0 Å². The molecule has 0 saturated carbocycles. The van der Waals surface area contributed by atoms with Crippen molar-refractivity contribution < 1.29 is 9.90 Å². The highest BCUT2D eigenvalue weighted by Gasteiger charge is 2.55. The first kappa shape index (κ1) is 23.4. The van der Waals surface area contributed by atoms with E-state index >= 15 is 0 Å². The summed E-state index contributed by atoms with van der Waals surface area (Å²) in [5.74, 6) is -0.758. The lowest BCUT2D eigenvalue weighted by atomic mass is 9.86. The van der Waals surface area contributed by atoms with Crippen LogP contribution in [0.25, 0.3) is 11.1 Å². The SMILES string of the molecule is CCCN1[C@@H]2Cn3c(ccc(-c4cccnc4)c3=O)[C@H]1[C@@H](C(=O)NCCc1cn(C)cn1)[C@@H]2CO. The Morgan fingerprint density at radius 1 is 1.29 bits per heavy atom. The Balaban J connectivity index is 1.46. The molecule has 0 aromatic carbocycles. The molecule has 184 valence electrons. The summed E-state index contributed by atoms with van der Waals surface area (Å²) in [6, 6.07) is 7.19. The standard InChI is InChI=1S/C26H32N6O3/c1-3-11-31-22-14-32-21(7-6-19(26(32)35)17-5-4-9-27-12-17)24(31)23(20(22)15-33)25(34)28-10-8-18-13-30(2)16-29-18/h4-7,9,12-13,16,20,22-24,33H,3,8,10-11,14-15H2,1-2H3,(H,28,34)/t20-,22-,23+,24+/m1/s1. The van der Waals surface area contributed by atoms with Gasteiger partial charge in [0, 0.05) is 80.5 Å². The van der Waals surface area contributed by atoms with Gasteiger partial charge in [-0.2, -0.15) is 0 Å². The zero-order valence-electron chi connectivity index (χ0n) is 20.2. The molecule has 4 atom stereocenters. The van der Waals surface area contributed by atoms with Gasteiger partial charge < -0.3 is 19.6 Å². The largest absolute Gasteiger partial charge is 0.396 e. The molecule has 2 N–H and O–H groups in total. The lowest BCUT2D eigenvalue weighted by Gasteiger charge is -2.38. The Kier molecular flexibility index (Phi) is 6.53. The van der Waals surface area contributed by atoms with Gasteiger partial charge in [0.1, 0.15) is 0 Å². The second-order valence-electron chi connectivity index (χ2n) is 9.52.